The van der Waals surface area contributed by atoms with Gasteiger partial charge in [0.2, 0.25) is 0 Å². The molecule has 8 aliphatic rings. The molecule has 0 aromatic heterocycles. The van der Waals surface area contributed by atoms with Crippen molar-refractivity contribution in [1.82, 2.24) is 34.3 Å². The minimum absolute atomic E-state index is 0.0102. The summed E-state index contributed by atoms with van der Waals surface area (Å²) < 4.78 is 34.0. The van der Waals surface area contributed by atoms with Crippen molar-refractivity contribution >= 4 is 124 Å². The first-order valence-electron chi connectivity index (χ1n) is 42.0. The van der Waals surface area contributed by atoms with Crippen LogP contribution in [0.5, 0.6) is 0 Å². The molecule has 0 saturated heterocycles. The molecule has 35 heteroatoms. The van der Waals surface area contributed by atoms with Crippen LogP contribution in [0, 0.1) is 0 Å². The van der Waals surface area contributed by atoms with Crippen LogP contribution in [0.15, 0.2) is 165 Å². The number of esters is 7. The van der Waals surface area contributed by atoms with Gasteiger partial charge in [0.05, 0.1) is 46.1 Å². The first-order valence-corrected chi connectivity index (χ1v) is 42.0. The normalized spacial score (nSPS) is 15.8. The average Bonchev–Trinajstić information content (AvgIpc) is 1.63. The van der Waals surface area contributed by atoms with Gasteiger partial charge in [-0.05, 0) is 194 Å². The maximum absolute atomic E-state index is 12.1. The van der Waals surface area contributed by atoms with Gasteiger partial charge in [-0.1, -0.05) is 58.9 Å². The van der Waals surface area contributed by atoms with E-state index in [2.05, 4.69) is 46.1 Å². The molecule has 0 atom stereocenters. The van der Waals surface area contributed by atoms with Crippen LogP contribution in [0.2, 0.25) is 0 Å². The van der Waals surface area contributed by atoms with E-state index >= 15 is 0 Å². The van der Waals surface area contributed by atoms with Gasteiger partial charge in [-0.15, -0.1) is 0 Å². The van der Waals surface area contributed by atoms with E-state index in [4.69, 9.17) is 33.2 Å². The van der Waals surface area contributed by atoms with Crippen molar-refractivity contribution in [2.45, 2.75) is 207 Å². The van der Waals surface area contributed by atoms with E-state index in [0.717, 1.165) is 92.2 Å². The minimum Gasteiger partial charge on any atom is -0.463 e. The van der Waals surface area contributed by atoms with E-state index in [1.165, 1.54) is 31.4 Å². The summed E-state index contributed by atoms with van der Waals surface area (Å²) in [6.07, 6.45) is 14.6. The zero-order chi connectivity index (χ0) is 98.1. The number of unbranched alkanes of at least 4 members (excludes halogenated alkanes) is 6. The van der Waals surface area contributed by atoms with Crippen LogP contribution in [-0.2, 0) is 134 Å². The third-order valence-corrected chi connectivity index (χ3v) is 21.0. The van der Waals surface area contributed by atoms with Crippen molar-refractivity contribution in [1.29, 1.82) is 0 Å². The van der Waals surface area contributed by atoms with Crippen LogP contribution in [0.25, 0.3) is 0 Å². The summed E-state index contributed by atoms with van der Waals surface area (Å²) in [4.78, 5) is 250. The quantitative estimate of drug-likeness (QED) is 0.0182. The largest absolute Gasteiger partial charge is 0.463 e. The minimum atomic E-state index is -0.569. The third kappa shape index (κ3) is 33.4. The molecule has 14 amide bonds. The molecule has 0 aromatic carbocycles. The Morgan fingerprint density at radius 2 is 0.395 bits per heavy atom. The molecule has 0 fully saturated rings. The summed E-state index contributed by atoms with van der Waals surface area (Å²) in [5.41, 5.74) is 8.66. The van der Waals surface area contributed by atoms with Crippen molar-refractivity contribution in [2.24, 2.45) is 0 Å². The van der Waals surface area contributed by atoms with Crippen LogP contribution in [0.3, 0.4) is 0 Å². The lowest BCUT2D eigenvalue weighted by atomic mass is 9.93. The van der Waals surface area contributed by atoms with Crippen LogP contribution in [0.1, 0.15) is 207 Å². The number of hydrogen-bond donors (Lipinski definition) is 0. The fraction of sp³-hybridized carbons (Fsp3) is 0.479. The van der Waals surface area contributed by atoms with Crippen molar-refractivity contribution < 1.29 is 134 Å². The molecule has 129 heavy (non-hydrogen) atoms. The lowest BCUT2D eigenvalue weighted by Gasteiger charge is -2.14. The molecule has 0 bridgehead atoms. The van der Waals surface area contributed by atoms with E-state index in [1.54, 1.807) is 104 Å². The van der Waals surface area contributed by atoms with Gasteiger partial charge < -0.3 is 33.2 Å². The zero-order valence-corrected chi connectivity index (χ0v) is 77.2. The molecule has 0 saturated carbocycles. The number of ether oxygens (including phenoxy) is 7. The molecule has 1 aliphatic carbocycles. The van der Waals surface area contributed by atoms with E-state index < -0.39 is 35.8 Å². The van der Waals surface area contributed by atoms with Gasteiger partial charge in [0.15, 0.2) is 0 Å². The Morgan fingerprint density at radius 3 is 0.620 bits per heavy atom. The van der Waals surface area contributed by atoms with Crippen molar-refractivity contribution in [3.63, 3.8) is 0 Å². The second-order valence-corrected chi connectivity index (χ2v) is 30.7. The lowest BCUT2D eigenvalue weighted by molar-refractivity contribution is -0.144. The number of carbonyl (C=O) groups is 21. The number of rotatable bonds is 39. The summed E-state index contributed by atoms with van der Waals surface area (Å²) in [6, 6.07) is 0. The van der Waals surface area contributed by atoms with Crippen LogP contribution in [0.4, 0.5) is 0 Å². The highest BCUT2D eigenvalue weighted by atomic mass is 16.6. The number of hydrogen-bond acceptors (Lipinski definition) is 28. The van der Waals surface area contributed by atoms with Gasteiger partial charge in [-0.2, -0.15) is 0 Å². The molecule has 35 nitrogen and oxygen atoms in total. The second kappa shape index (κ2) is 55.3. The summed E-state index contributed by atoms with van der Waals surface area (Å²) in [7, 11) is 0. The summed E-state index contributed by atoms with van der Waals surface area (Å²) >= 11 is 0. The van der Waals surface area contributed by atoms with Crippen LogP contribution < -0.4 is 0 Å². The topological polar surface area (TPSA) is 446 Å². The summed E-state index contributed by atoms with van der Waals surface area (Å²) in [6.45, 7) is 52.8. The molecular weight excluding hydrogens is 1680 g/mol. The van der Waals surface area contributed by atoms with Gasteiger partial charge in [0.25, 0.3) is 82.7 Å². The number of nitrogens with zero attached hydrogens (tertiary/aromatic N) is 7. The van der Waals surface area contributed by atoms with Gasteiger partial charge in [0, 0.05) is 151 Å². The molecule has 0 aromatic rings. The first-order chi connectivity index (χ1) is 60.5. The molecule has 0 spiro atoms. The van der Waals surface area contributed by atoms with Crippen molar-refractivity contribution in [3.05, 3.63) is 165 Å². The Balaban J connectivity index is 0.000000510. The summed E-state index contributed by atoms with van der Waals surface area (Å²) in [5, 5.41) is 0. The summed E-state index contributed by atoms with van der Waals surface area (Å²) in [5.74, 6) is -6.60. The van der Waals surface area contributed by atoms with Gasteiger partial charge in [-0.3, -0.25) is 101 Å². The highest BCUT2D eigenvalue weighted by Crippen LogP contribution is 2.33. The number of imide groups is 7. The maximum atomic E-state index is 12.1. The Kier molecular flexibility index (Phi) is 47.9. The Bertz CT molecular complexity index is 4600. The highest BCUT2D eigenvalue weighted by molar-refractivity contribution is 6.23. The SMILES string of the molecule is C=C(C)C(=O)OCCCCCCN1C(=O)C(C)=C(C)C1=O.C=C(C)C(=O)OCCCN1C(=O)C(C)=C(C)C1=O.C=C(C)C(=O)OCCCN1C(=O)C2=C(CCCC2)C1=O.C=C(C)C(=O)OCCN1C(=O)C(C)=C(C)C1=O.C=CC(=O)OCCCCCCN1C(=O)C(C)=C(C)C1=O.C=CC(=O)OCCCN1C(=O)C(C)=C(C)C1=O.C=CC(=O)OCCN1C(=O)C(C)=C(C)C1=O. The molecule has 0 N–H and O–H groups in total. The van der Waals surface area contributed by atoms with Crippen LogP contribution >= 0.6 is 0 Å². The fourth-order valence-electron chi connectivity index (χ4n) is 12.2. The number of carbonyl (C=O) groups excluding carboxylic acids is 21. The highest BCUT2D eigenvalue weighted by Gasteiger charge is 2.41. The van der Waals surface area contributed by atoms with E-state index in [-0.39, 0.29) is 153 Å². The van der Waals surface area contributed by atoms with Crippen LogP contribution in [-0.4, -0.2) is 251 Å². The Morgan fingerprint density at radius 1 is 0.233 bits per heavy atom. The van der Waals surface area contributed by atoms with Crippen molar-refractivity contribution in [3.8, 4) is 0 Å². The molecule has 7 aliphatic heterocycles. The maximum Gasteiger partial charge on any atom is 0.333 e. The standard InChI is InChI=1S/C16H23NO4.C15H19NO4.C15H21NO4.C13H17NO4.2C12H15NO4.C11H13NO4/c1-11(2)16(20)21-10-8-6-5-7-9-17-14(18)12(3)13(4)15(17)19;1-10(2)15(19)20-9-5-8-16-13(17)11-6-3-4-7-12(11)14(16)18;1-4-13(17)20-10-8-6-5-7-9-16-14(18)11(2)12(3)15(16)19;1-8(2)13(17)18-7-5-6-14-11(15)9(3)10(4)12(14)16;1-7(2)12(16)17-6-5-13-10(14)8(3)9(4)11(13)15;1-4-10(14)17-7-5-6-13-11(15)8(2)9(3)12(13)16;1-4-9(13)16-6-5-12-10(14)7(2)8(3)11(12)15/h1,5-10H2,2-4H3;1,3-9H2,2H3;4H,1,5-10H2,2-3H3;1,5-7H2,2-4H3;1,5-6H2,2-4H3;4H,1,5-7H2,2-3H3;4H,1,5-6H2,2-3H3. The monoisotopic (exact) mass is 1800 g/mol. The molecule has 7 heterocycles. The molecule has 0 unspecified atom stereocenters. The second-order valence-electron chi connectivity index (χ2n) is 30.7. The lowest BCUT2D eigenvalue weighted by Crippen LogP contribution is -2.35. The Hall–Kier alpha value is -13.4. The molecule has 702 valence electrons. The van der Waals surface area contributed by atoms with Gasteiger partial charge >= 0.3 is 41.8 Å². The fourth-order valence-corrected chi connectivity index (χ4v) is 12.2. The molecule has 0 radical (unpaired) electrons. The van der Waals surface area contributed by atoms with Gasteiger partial charge in [0.1, 0.15) is 13.2 Å². The molecule has 8 rings (SSSR count). The Labute approximate surface area is 753 Å². The zero-order valence-electron chi connectivity index (χ0n) is 77.2. The van der Waals surface area contributed by atoms with Gasteiger partial charge in [-0.25, -0.2) is 33.6 Å². The van der Waals surface area contributed by atoms with E-state index in [9.17, 15) is 101 Å². The predicted molar refractivity (Wildman–Crippen MR) is 470 cm³/mol. The van der Waals surface area contributed by atoms with E-state index in [1.807, 2.05) is 0 Å². The first kappa shape index (κ1) is 112. The molecular formula is C94H123N7O28. The number of amides is 14. The predicted octanol–water partition coefficient (Wildman–Crippen LogP) is 9.33. The van der Waals surface area contributed by atoms with E-state index in [0.29, 0.717) is 160 Å². The smallest absolute Gasteiger partial charge is 0.333 e. The van der Waals surface area contributed by atoms with Crippen molar-refractivity contribution in [2.75, 3.05) is 92.1 Å². The third-order valence-electron chi connectivity index (χ3n) is 21.0. The average molecular weight is 1800 g/mol.